The molecule has 58 valence electrons. The van der Waals surface area contributed by atoms with Crippen LogP contribution in [0.15, 0.2) is 36.7 Å². The van der Waals surface area contributed by atoms with Gasteiger partial charge in [0, 0.05) is 12.4 Å². The Morgan fingerprint density at radius 3 is 2.73 bits per heavy atom. The molecule has 0 unspecified atom stereocenters. The van der Waals surface area contributed by atoms with Crippen LogP contribution >= 0.6 is 0 Å². The molecule has 1 heteroatoms. The van der Waals surface area contributed by atoms with Crippen LogP contribution in [-0.4, -0.2) is 4.98 Å². The summed E-state index contributed by atoms with van der Waals surface area (Å²) in [5.41, 5.74) is 1.36. The molecule has 0 radical (unpaired) electrons. The van der Waals surface area contributed by atoms with Gasteiger partial charge in [0.05, 0.1) is 0 Å². The predicted octanol–water partition coefficient (Wildman–Crippen LogP) is 2.59. The van der Waals surface area contributed by atoms with Crippen molar-refractivity contribution >= 4 is 0 Å². The lowest BCUT2D eigenvalue weighted by atomic mass is 10.1. The molecule has 0 saturated carbocycles. The first-order chi connectivity index (χ1) is 5.43. The average molecular weight is 147 g/mol. The van der Waals surface area contributed by atoms with Crippen LogP contribution in [0.2, 0.25) is 0 Å². The second kappa shape index (κ2) is 4.67. The van der Waals surface area contributed by atoms with E-state index in [1.54, 1.807) is 0 Å². The molecular weight excluding hydrogens is 134 g/mol. The standard InChI is InChI=1S/C10H13N/c1-2-3-4-5-10-6-8-11-9-7-10/h2-3,6-9H,4-5H2,1H3/b3-2+. The van der Waals surface area contributed by atoms with E-state index in [1.165, 1.54) is 5.56 Å². The average Bonchev–Trinajstić information content (AvgIpc) is 2.07. The van der Waals surface area contributed by atoms with Gasteiger partial charge >= 0.3 is 0 Å². The van der Waals surface area contributed by atoms with E-state index >= 15 is 0 Å². The summed E-state index contributed by atoms with van der Waals surface area (Å²) in [4.78, 5) is 3.96. The van der Waals surface area contributed by atoms with E-state index in [0.717, 1.165) is 12.8 Å². The topological polar surface area (TPSA) is 12.9 Å². The molecule has 1 nitrogen and oxygen atoms in total. The van der Waals surface area contributed by atoms with Gasteiger partial charge in [0.25, 0.3) is 0 Å². The minimum Gasteiger partial charge on any atom is -0.265 e. The Morgan fingerprint density at radius 2 is 2.09 bits per heavy atom. The molecule has 1 heterocycles. The monoisotopic (exact) mass is 147 g/mol. The summed E-state index contributed by atoms with van der Waals surface area (Å²) in [7, 11) is 0. The zero-order valence-electron chi connectivity index (χ0n) is 6.83. The molecule has 1 aromatic rings. The minimum absolute atomic E-state index is 1.12. The molecule has 0 aliphatic rings. The van der Waals surface area contributed by atoms with E-state index in [-0.39, 0.29) is 0 Å². The Morgan fingerprint density at radius 1 is 1.36 bits per heavy atom. The van der Waals surface area contributed by atoms with Crippen molar-refractivity contribution in [2.45, 2.75) is 19.8 Å². The zero-order chi connectivity index (χ0) is 7.94. The van der Waals surface area contributed by atoms with Crippen molar-refractivity contribution in [3.05, 3.63) is 42.2 Å². The van der Waals surface area contributed by atoms with Crippen molar-refractivity contribution < 1.29 is 0 Å². The van der Waals surface area contributed by atoms with Gasteiger partial charge < -0.3 is 0 Å². The van der Waals surface area contributed by atoms with Crippen LogP contribution in [0.4, 0.5) is 0 Å². The normalized spacial score (nSPS) is 10.6. The Kier molecular flexibility index (Phi) is 3.39. The highest BCUT2D eigenvalue weighted by Gasteiger charge is 1.87. The molecule has 0 amide bonds. The zero-order valence-corrected chi connectivity index (χ0v) is 6.83. The van der Waals surface area contributed by atoms with Crippen molar-refractivity contribution in [1.82, 2.24) is 4.98 Å². The Labute approximate surface area is 67.8 Å². The molecule has 0 aromatic carbocycles. The van der Waals surface area contributed by atoms with Gasteiger partial charge in [-0.15, -0.1) is 0 Å². The second-order valence-electron chi connectivity index (χ2n) is 2.46. The van der Waals surface area contributed by atoms with Crippen LogP contribution in [0, 0.1) is 0 Å². The molecule has 0 N–H and O–H groups in total. The van der Waals surface area contributed by atoms with Crippen molar-refractivity contribution in [3.63, 3.8) is 0 Å². The third-order valence-electron chi connectivity index (χ3n) is 1.58. The quantitative estimate of drug-likeness (QED) is 0.599. The number of allylic oxidation sites excluding steroid dienone is 2. The number of nitrogens with zero attached hydrogens (tertiary/aromatic N) is 1. The highest BCUT2D eigenvalue weighted by atomic mass is 14.6. The number of pyridine rings is 1. The first-order valence-corrected chi connectivity index (χ1v) is 3.93. The van der Waals surface area contributed by atoms with Crippen LogP contribution in [0.25, 0.3) is 0 Å². The van der Waals surface area contributed by atoms with E-state index in [2.05, 4.69) is 29.3 Å². The smallest absolute Gasteiger partial charge is 0.0270 e. The van der Waals surface area contributed by atoms with Crippen molar-refractivity contribution in [3.8, 4) is 0 Å². The van der Waals surface area contributed by atoms with Crippen LogP contribution in [0.1, 0.15) is 18.9 Å². The lowest BCUT2D eigenvalue weighted by Crippen LogP contribution is -1.82. The van der Waals surface area contributed by atoms with Crippen molar-refractivity contribution in [2.24, 2.45) is 0 Å². The Bertz CT molecular complexity index is 214. The molecule has 1 rings (SSSR count). The van der Waals surface area contributed by atoms with Gasteiger partial charge in [-0.25, -0.2) is 0 Å². The summed E-state index contributed by atoms with van der Waals surface area (Å²) in [5, 5.41) is 0. The molecule has 0 saturated heterocycles. The summed E-state index contributed by atoms with van der Waals surface area (Å²) < 4.78 is 0. The predicted molar refractivity (Wildman–Crippen MR) is 47.4 cm³/mol. The van der Waals surface area contributed by atoms with E-state index < -0.39 is 0 Å². The molecule has 0 aliphatic carbocycles. The summed E-state index contributed by atoms with van der Waals surface area (Å²) in [6.45, 7) is 2.05. The van der Waals surface area contributed by atoms with Gasteiger partial charge in [-0.3, -0.25) is 4.98 Å². The number of aromatic nitrogens is 1. The second-order valence-corrected chi connectivity index (χ2v) is 2.46. The maximum absolute atomic E-state index is 3.96. The Hall–Kier alpha value is -1.11. The summed E-state index contributed by atoms with van der Waals surface area (Å²) in [6.07, 6.45) is 10.2. The largest absolute Gasteiger partial charge is 0.265 e. The van der Waals surface area contributed by atoms with E-state index in [1.807, 2.05) is 19.3 Å². The first kappa shape index (κ1) is 7.99. The molecule has 0 aliphatic heterocycles. The lowest BCUT2D eigenvalue weighted by Gasteiger charge is -1.94. The van der Waals surface area contributed by atoms with Gasteiger partial charge in [-0.2, -0.15) is 0 Å². The Balaban J connectivity index is 2.39. The van der Waals surface area contributed by atoms with Gasteiger partial charge in [-0.1, -0.05) is 12.2 Å². The lowest BCUT2D eigenvalue weighted by molar-refractivity contribution is 0.993. The van der Waals surface area contributed by atoms with Crippen molar-refractivity contribution in [1.29, 1.82) is 0 Å². The molecule has 1 aromatic heterocycles. The highest BCUT2D eigenvalue weighted by molar-refractivity contribution is 5.10. The van der Waals surface area contributed by atoms with Gasteiger partial charge in [-0.05, 0) is 37.5 Å². The maximum Gasteiger partial charge on any atom is 0.0270 e. The fourth-order valence-corrected chi connectivity index (χ4v) is 0.966. The number of hydrogen-bond donors (Lipinski definition) is 0. The SMILES string of the molecule is C/C=C/CCc1ccncc1. The van der Waals surface area contributed by atoms with Gasteiger partial charge in [0.1, 0.15) is 0 Å². The van der Waals surface area contributed by atoms with Gasteiger partial charge in [0.2, 0.25) is 0 Å². The first-order valence-electron chi connectivity index (χ1n) is 3.93. The van der Waals surface area contributed by atoms with Crippen LogP contribution in [0.5, 0.6) is 0 Å². The van der Waals surface area contributed by atoms with E-state index in [4.69, 9.17) is 0 Å². The third-order valence-corrected chi connectivity index (χ3v) is 1.58. The molecular formula is C10H13N. The molecule has 11 heavy (non-hydrogen) atoms. The van der Waals surface area contributed by atoms with Crippen LogP contribution in [-0.2, 0) is 6.42 Å². The maximum atomic E-state index is 3.96. The summed E-state index contributed by atoms with van der Waals surface area (Å²) >= 11 is 0. The van der Waals surface area contributed by atoms with E-state index in [0.29, 0.717) is 0 Å². The summed E-state index contributed by atoms with van der Waals surface area (Å²) in [5.74, 6) is 0. The molecule has 0 spiro atoms. The highest BCUT2D eigenvalue weighted by Crippen LogP contribution is 2.00. The molecule has 0 fully saturated rings. The number of hydrogen-bond acceptors (Lipinski definition) is 1. The van der Waals surface area contributed by atoms with Crippen LogP contribution in [0.3, 0.4) is 0 Å². The fourth-order valence-electron chi connectivity index (χ4n) is 0.966. The molecule has 0 atom stereocenters. The van der Waals surface area contributed by atoms with Crippen molar-refractivity contribution in [2.75, 3.05) is 0 Å². The summed E-state index contributed by atoms with van der Waals surface area (Å²) in [6, 6.07) is 4.12. The van der Waals surface area contributed by atoms with Crippen LogP contribution < -0.4 is 0 Å². The fraction of sp³-hybridized carbons (Fsp3) is 0.300. The minimum atomic E-state index is 1.12. The molecule has 0 bridgehead atoms. The number of rotatable bonds is 3. The van der Waals surface area contributed by atoms with E-state index in [9.17, 15) is 0 Å². The third kappa shape index (κ3) is 2.99. The number of aryl methyl sites for hydroxylation is 1. The van der Waals surface area contributed by atoms with Gasteiger partial charge in [0.15, 0.2) is 0 Å².